The van der Waals surface area contributed by atoms with Gasteiger partial charge in [0.25, 0.3) is 0 Å². The number of aromatic hydroxyl groups is 1. The maximum Gasteiger partial charge on any atom is 0.308 e. The quantitative estimate of drug-likeness (QED) is 0.203. The summed E-state index contributed by atoms with van der Waals surface area (Å²) in [6, 6.07) is 11.2. The minimum atomic E-state index is -1.02. The molecule has 1 aliphatic rings. The molecule has 2 aromatic carbocycles. The van der Waals surface area contributed by atoms with E-state index in [4.69, 9.17) is 4.74 Å². The topological polar surface area (TPSA) is 141 Å². The van der Waals surface area contributed by atoms with Gasteiger partial charge in [-0.05, 0) is 84.8 Å². The van der Waals surface area contributed by atoms with Crippen molar-refractivity contribution in [1.29, 1.82) is 0 Å². The summed E-state index contributed by atoms with van der Waals surface area (Å²) in [6.45, 7) is 9.27. The Morgan fingerprint density at radius 2 is 1.62 bits per heavy atom. The summed E-state index contributed by atoms with van der Waals surface area (Å²) in [4.78, 5) is 59.2. The summed E-state index contributed by atoms with van der Waals surface area (Å²) in [5.74, 6) is -1.93. The zero-order valence-electron chi connectivity index (χ0n) is 27.8. The van der Waals surface area contributed by atoms with Crippen LogP contribution in [0.25, 0.3) is 10.9 Å². The number of hydrogen-bond acceptors (Lipinski definition) is 6. The SMILES string of the molecule is C/C1=C/[C@H](C)C[C@H](C)OC(=O)C[C@H](c2ccc(O)cc2)NC(=O)[C@@H](Cc2c(Br)[nH]c3ccccc23)N(C)C(=O)[C@@H](C)NC(=O)[C@@H](C)C1. The van der Waals surface area contributed by atoms with E-state index in [9.17, 15) is 24.3 Å². The smallest absolute Gasteiger partial charge is 0.308 e. The largest absolute Gasteiger partial charge is 0.508 e. The number of nitrogens with zero attached hydrogens (tertiary/aromatic N) is 1. The maximum absolute atomic E-state index is 14.3. The summed E-state index contributed by atoms with van der Waals surface area (Å²) in [7, 11) is 1.55. The Hall–Kier alpha value is -4.12. The van der Waals surface area contributed by atoms with Crippen molar-refractivity contribution in [2.45, 2.75) is 84.5 Å². The lowest BCUT2D eigenvalue weighted by atomic mass is 9.95. The van der Waals surface area contributed by atoms with E-state index in [1.54, 1.807) is 26.1 Å². The van der Waals surface area contributed by atoms with Crippen molar-refractivity contribution in [3.63, 3.8) is 0 Å². The van der Waals surface area contributed by atoms with E-state index < -0.39 is 42.0 Å². The predicted molar refractivity (Wildman–Crippen MR) is 184 cm³/mol. The number of aromatic amines is 1. The number of esters is 1. The highest BCUT2D eigenvalue weighted by molar-refractivity contribution is 9.10. The molecule has 47 heavy (non-hydrogen) atoms. The van der Waals surface area contributed by atoms with Crippen molar-refractivity contribution >= 4 is 50.5 Å². The summed E-state index contributed by atoms with van der Waals surface area (Å²) in [6.07, 6.45) is 2.76. The van der Waals surface area contributed by atoms with Crippen LogP contribution in [0.4, 0.5) is 0 Å². The molecule has 11 heteroatoms. The Labute approximate surface area is 284 Å². The van der Waals surface area contributed by atoms with Gasteiger partial charge < -0.3 is 30.4 Å². The summed E-state index contributed by atoms with van der Waals surface area (Å²) >= 11 is 3.60. The van der Waals surface area contributed by atoms with E-state index in [0.717, 1.165) is 22.0 Å². The number of para-hydroxylation sites is 1. The van der Waals surface area contributed by atoms with Gasteiger partial charge in [0, 0.05) is 30.3 Å². The third-order valence-corrected chi connectivity index (χ3v) is 9.35. The van der Waals surface area contributed by atoms with E-state index in [1.807, 2.05) is 52.0 Å². The Kier molecular flexibility index (Phi) is 11.9. The second kappa shape index (κ2) is 15.6. The van der Waals surface area contributed by atoms with E-state index >= 15 is 0 Å². The summed E-state index contributed by atoms with van der Waals surface area (Å²) in [5, 5.41) is 16.7. The monoisotopic (exact) mass is 708 g/mol. The number of phenols is 1. The van der Waals surface area contributed by atoms with Crippen molar-refractivity contribution in [1.82, 2.24) is 20.5 Å². The van der Waals surface area contributed by atoms with E-state index in [1.165, 1.54) is 17.0 Å². The van der Waals surface area contributed by atoms with Crippen molar-refractivity contribution in [3.8, 4) is 5.75 Å². The molecule has 1 aromatic heterocycles. The van der Waals surface area contributed by atoms with Gasteiger partial charge in [0.2, 0.25) is 17.7 Å². The Morgan fingerprint density at radius 1 is 0.936 bits per heavy atom. The first-order valence-electron chi connectivity index (χ1n) is 16.0. The molecule has 3 aromatic rings. The number of hydrogen-bond donors (Lipinski definition) is 4. The molecular weight excluding hydrogens is 664 g/mol. The number of rotatable bonds is 3. The molecule has 0 radical (unpaired) electrons. The number of amides is 3. The van der Waals surface area contributed by atoms with Crippen LogP contribution in [0.1, 0.15) is 71.0 Å². The Bertz CT molecular complexity index is 1630. The molecule has 252 valence electrons. The first-order chi connectivity index (χ1) is 22.2. The van der Waals surface area contributed by atoms with Crippen LogP contribution in [0.3, 0.4) is 0 Å². The van der Waals surface area contributed by atoms with Crippen LogP contribution in [0, 0.1) is 11.8 Å². The molecule has 0 saturated carbocycles. The molecule has 10 nitrogen and oxygen atoms in total. The molecule has 0 unspecified atom stereocenters. The first kappa shape index (κ1) is 35.7. The van der Waals surface area contributed by atoms with Crippen LogP contribution in [-0.2, 0) is 30.3 Å². The molecule has 2 heterocycles. The van der Waals surface area contributed by atoms with Gasteiger partial charge in [-0.3, -0.25) is 19.2 Å². The van der Waals surface area contributed by atoms with Crippen LogP contribution >= 0.6 is 15.9 Å². The number of halogens is 1. The maximum atomic E-state index is 14.3. The summed E-state index contributed by atoms with van der Waals surface area (Å²) in [5.41, 5.74) is 3.29. The van der Waals surface area contributed by atoms with Crippen molar-refractivity contribution in [2.24, 2.45) is 11.8 Å². The lowest BCUT2D eigenvalue weighted by Crippen LogP contribution is -2.55. The van der Waals surface area contributed by atoms with Gasteiger partial charge in [-0.25, -0.2) is 0 Å². The van der Waals surface area contributed by atoms with Crippen LogP contribution in [0.2, 0.25) is 0 Å². The fourth-order valence-electron chi connectivity index (χ4n) is 6.28. The van der Waals surface area contributed by atoms with Gasteiger partial charge in [0.1, 0.15) is 17.8 Å². The lowest BCUT2D eigenvalue weighted by Gasteiger charge is -2.31. The number of allylic oxidation sites excluding steroid dienone is 2. The normalized spacial score (nSPS) is 27.1. The summed E-state index contributed by atoms with van der Waals surface area (Å²) < 4.78 is 6.47. The number of benzene rings is 2. The Balaban J connectivity index is 1.74. The molecular formula is C36H45BrN4O6. The number of cyclic esters (lactones) is 1. The molecule has 6 atom stereocenters. The standard InChI is InChI=1S/C36H45BrN4O6/c1-20-15-21(2)17-23(4)47-32(43)19-30(25-11-13-26(42)14-12-25)40-35(45)31(18-28-27-9-7-8-10-29(27)39-33(28)37)41(6)36(46)24(5)38-34(44)22(3)16-20/h7-15,21-24,30-31,39,42H,16-19H2,1-6H3,(H,38,44)(H,40,45)/b20-15-/t21-,22-,23-,24+,30+,31+/m0/s1. The Morgan fingerprint density at radius 3 is 2.32 bits per heavy atom. The van der Waals surface area contributed by atoms with Crippen LogP contribution in [0.5, 0.6) is 5.75 Å². The van der Waals surface area contributed by atoms with Gasteiger partial charge in [-0.1, -0.05) is 55.8 Å². The van der Waals surface area contributed by atoms with Gasteiger partial charge in [-0.2, -0.15) is 0 Å². The number of fused-ring (bicyclic) bond motifs is 1. The first-order valence-corrected chi connectivity index (χ1v) is 16.8. The molecule has 1 aliphatic heterocycles. The number of H-pyrrole nitrogens is 1. The fourth-order valence-corrected chi connectivity index (χ4v) is 6.87. The number of aromatic nitrogens is 1. The predicted octanol–water partition coefficient (Wildman–Crippen LogP) is 5.70. The van der Waals surface area contributed by atoms with E-state index in [0.29, 0.717) is 23.0 Å². The average Bonchev–Trinajstić information content (AvgIpc) is 3.32. The average molecular weight is 710 g/mol. The van der Waals surface area contributed by atoms with Gasteiger partial charge in [0.15, 0.2) is 0 Å². The zero-order chi connectivity index (χ0) is 34.4. The highest BCUT2D eigenvalue weighted by atomic mass is 79.9. The van der Waals surface area contributed by atoms with Crippen LogP contribution < -0.4 is 10.6 Å². The molecule has 3 amide bonds. The number of nitrogens with one attached hydrogen (secondary N) is 3. The molecule has 0 aliphatic carbocycles. The minimum absolute atomic E-state index is 0.0439. The van der Waals surface area contributed by atoms with Crippen molar-refractivity contribution < 1.29 is 29.0 Å². The highest BCUT2D eigenvalue weighted by Gasteiger charge is 2.34. The van der Waals surface area contributed by atoms with Gasteiger partial charge in [-0.15, -0.1) is 0 Å². The van der Waals surface area contributed by atoms with Crippen molar-refractivity contribution in [2.75, 3.05) is 7.05 Å². The minimum Gasteiger partial charge on any atom is -0.508 e. The van der Waals surface area contributed by atoms with E-state index in [-0.39, 0.29) is 36.3 Å². The third kappa shape index (κ3) is 9.24. The highest BCUT2D eigenvalue weighted by Crippen LogP contribution is 2.29. The van der Waals surface area contributed by atoms with E-state index in [2.05, 4.69) is 37.6 Å². The molecule has 0 saturated heterocycles. The molecule has 4 rings (SSSR count). The van der Waals surface area contributed by atoms with Crippen molar-refractivity contribution in [3.05, 3.63) is 75.9 Å². The van der Waals surface area contributed by atoms with Crippen LogP contribution in [0.15, 0.2) is 64.8 Å². The van der Waals surface area contributed by atoms with Crippen LogP contribution in [-0.4, -0.2) is 63.9 Å². The molecule has 0 fully saturated rings. The molecule has 4 N–H and O–H groups in total. The number of ether oxygens (including phenoxy) is 1. The second-order valence-electron chi connectivity index (χ2n) is 12.9. The molecule has 0 bridgehead atoms. The van der Waals surface area contributed by atoms with Gasteiger partial charge in [0.05, 0.1) is 23.2 Å². The lowest BCUT2D eigenvalue weighted by molar-refractivity contribution is -0.149. The third-order valence-electron chi connectivity index (χ3n) is 8.67. The zero-order valence-corrected chi connectivity index (χ0v) is 29.4. The van der Waals surface area contributed by atoms with Gasteiger partial charge >= 0.3 is 5.97 Å². The molecule has 0 spiro atoms. The fraction of sp³-hybridized carbons (Fsp3) is 0.444. The number of carbonyl (C=O) groups excluding carboxylic acids is 4. The number of phenolic OH excluding ortho intramolecular Hbond substituents is 1. The number of carbonyl (C=O) groups is 4. The second-order valence-corrected chi connectivity index (χ2v) is 13.6. The number of likely N-dealkylation sites (N-methyl/N-ethyl adjacent to an activating group) is 1.